The van der Waals surface area contributed by atoms with Crippen molar-refractivity contribution in [2.45, 2.75) is 25.1 Å². The fourth-order valence-electron chi connectivity index (χ4n) is 1.97. The zero-order valence-corrected chi connectivity index (χ0v) is 10.4. The molecule has 1 aliphatic heterocycles. The number of aliphatic carboxylic acids is 1. The Morgan fingerprint density at radius 3 is 2.75 bits per heavy atom. The van der Waals surface area contributed by atoms with Gasteiger partial charge in [0.2, 0.25) is 0 Å². The van der Waals surface area contributed by atoms with Crippen LogP contribution in [0.15, 0.2) is 29.3 Å². The van der Waals surface area contributed by atoms with E-state index in [1.807, 2.05) is 0 Å². The Hall–Kier alpha value is -2.05. The van der Waals surface area contributed by atoms with Gasteiger partial charge in [0.15, 0.2) is 5.90 Å². The van der Waals surface area contributed by atoms with E-state index in [1.165, 1.54) is 18.2 Å². The highest BCUT2D eigenvalue weighted by Crippen LogP contribution is 2.37. The smallest absolute Gasteiger partial charge is 0.416 e. The number of carbonyl (C=O) groups is 1. The molecule has 108 valence electrons. The number of hydrogen-bond donors (Lipinski definition) is 1. The van der Waals surface area contributed by atoms with Crippen LogP contribution in [0.3, 0.4) is 0 Å². The van der Waals surface area contributed by atoms with E-state index < -0.39 is 23.8 Å². The number of carboxylic acids is 1. The van der Waals surface area contributed by atoms with Crippen molar-refractivity contribution in [3.63, 3.8) is 0 Å². The van der Waals surface area contributed by atoms with Crippen molar-refractivity contribution in [3.8, 4) is 0 Å². The molecule has 0 fully saturated rings. The average Bonchev–Trinajstić information content (AvgIpc) is 2.84. The van der Waals surface area contributed by atoms with Crippen LogP contribution in [0.5, 0.6) is 0 Å². The predicted molar refractivity (Wildman–Crippen MR) is 64.4 cm³/mol. The van der Waals surface area contributed by atoms with Gasteiger partial charge in [0.25, 0.3) is 0 Å². The minimum atomic E-state index is -4.45. The zero-order chi connectivity index (χ0) is 14.8. The summed E-state index contributed by atoms with van der Waals surface area (Å²) < 4.78 is 44.0. The van der Waals surface area contributed by atoms with Crippen molar-refractivity contribution in [2.75, 3.05) is 6.54 Å². The van der Waals surface area contributed by atoms with E-state index >= 15 is 0 Å². The van der Waals surface area contributed by atoms with E-state index in [9.17, 15) is 18.0 Å². The number of nitrogens with zero attached hydrogens (tertiary/aromatic N) is 1. The van der Waals surface area contributed by atoms with Gasteiger partial charge >= 0.3 is 12.1 Å². The number of halogens is 3. The van der Waals surface area contributed by atoms with Crippen LogP contribution in [0.25, 0.3) is 0 Å². The maximum Gasteiger partial charge on any atom is 0.416 e. The number of benzene rings is 1. The standard InChI is InChI=1S/C13H12F3NO3/c14-13(15,16)9-4-2-1-3-8(9)10-7-17-11(20-10)5-6-12(18)19/h1-4,10H,5-7H2,(H,18,19). The molecular weight excluding hydrogens is 275 g/mol. The van der Waals surface area contributed by atoms with Crippen LogP contribution in [0.1, 0.15) is 30.1 Å². The van der Waals surface area contributed by atoms with E-state index in [0.717, 1.165) is 6.07 Å². The molecule has 0 saturated carbocycles. The molecule has 1 aliphatic rings. The lowest BCUT2D eigenvalue weighted by Gasteiger charge is -2.17. The van der Waals surface area contributed by atoms with Crippen molar-refractivity contribution >= 4 is 11.9 Å². The molecule has 0 spiro atoms. The summed E-state index contributed by atoms with van der Waals surface area (Å²) in [4.78, 5) is 14.4. The Morgan fingerprint density at radius 2 is 2.10 bits per heavy atom. The van der Waals surface area contributed by atoms with E-state index in [0.29, 0.717) is 0 Å². The summed E-state index contributed by atoms with van der Waals surface area (Å²) in [6, 6.07) is 5.16. The first-order valence-electron chi connectivity index (χ1n) is 5.96. The first-order valence-corrected chi connectivity index (χ1v) is 5.96. The Morgan fingerprint density at radius 1 is 1.40 bits per heavy atom. The SMILES string of the molecule is O=C(O)CCC1=NCC(c2ccccc2C(F)(F)F)O1. The van der Waals surface area contributed by atoms with E-state index in [4.69, 9.17) is 9.84 Å². The maximum absolute atomic E-state index is 12.9. The number of alkyl halides is 3. The van der Waals surface area contributed by atoms with Gasteiger partial charge in [0, 0.05) is 12.0 Å². The van der Waals surface area contributed by atoms with Crippen LogP contribution in [-0.4, -0.2) is 23.5 Å². The number of carboxylic acid groups (broad SMARTS) is 1. The molecule has 4 nitrogen and oxygen atoms in total. The third-order valence-corrected chi connectivity index (χ3v) is 2.88. The molecule has 0 saturated heterocycles. The first kappa shape index (κ1) is 14.4. The summed E-state index contributed by atoms with van der Waals surface area (Å²) in [6.07, 6.45) is -5.34. The van der Waals surface area contributed by atoms with Crippen molar-refractivity contribution < 1.29 is 27.8 Å². The van der Waals surface area contributed by atoms with Gasteiger partial charge in [-0.3, -0.25) is 9.79 Å². The van der Waals surface area contributed by atoms with Crippen molar-refractivity contribution in [1.82, 2.24) is 0 Å². The summed E-state index contributed by atoms with van der Waals surface area (Å²) in [5.41, 5.74) is -0.728. The number of hydrogen-bond acceptors (Lipinski definition) is 3. The molecule has 1 atom stereocenters. The molecule has 0 bridgehead atoms. The largest absolute Gasteiger partial charge is 0.481 e. The van der Waals surface area contributed by atoms with E-state index in [2.05, 4.69) is 4.99 Å². The highest BCUT2D eigenvalue weighted by molar-refractivity contribution is 5.82. The Bertz CT molecular complexity index is 540. The fraction of sp³-hybridized carbons (Fsp3) is 0.385. The summed E-state index contributed by atoms with van der Waals surface area (Å²) in [7, 11) is 0. The monoisotopic (exact) mass is 287 g/mol. The van der Waals surface area contributed by atoms with E-state index in [-0.39, 0.29) is 30.8 Å². The predicted octanol–water partition coefficient (Wildman–Crippen LogP) is 3.04. The van der Waals surface area contributed by atoms with Gasteiger partial charge in [-0.25, -0.2) is 0 Å². The first-order chi connectivity index (χ1) is 9.38. The zero-order valence-electron chi connectivity index (χ0n) is 10.4. The second-order valence-electron chi connectivity index (χ2n) is 4.32. The quantitative estimate of drug-likeness (QED) is 0.926. The van der Waals surface area contributed by atoms with Gasteiger partial charge < -0.3 is 9.84 Å². The number of aliphatic imine (C=N–C) groups is 1. The highest BCUT2D eigenvalue weighted by Gasteiger charge is 2.36. The van der Waals surface area contributed by atoms with Crippen LogP contribution in [-0.2, 0) is 15.7 Å². The van der Waals surface area contributed by atoms with Crippen LogP contribution < -0.4 is 0 Å². The maximum atomic E-state index is 12.9. The third kappa shape index (κ3) is 3.28. The molecule has 1 aromatic rings. The summed E-state index contributed by atoms with van der Waals surface area (Å²) in [5.74, 6) is -0.815. The second kappa shape index (κ2) is 5.52. The van der Waals surface area contributed by atoms with Crippen LogP contribution >= 0.6 is 0 Å². The normalized spacial score (nSPS) is 18.6. The second-order valence-corrected chi connectivity index (χ2v) is 4.32. The summed E-state index contributed by atoms with van der Waals surface area (Å²) in [5, 5.41) is 8.55. The van der Waals surface area contributed by atoms with Gasteiger partial charge in [0.1, 0.15) is 6.10 Å². The third-order valence-electron chi connectivity index (χ3n) is 2.88. The van der Waals surface area contributed by atoms with Crippen LogP contribution in [0, 0.1) is 0 Å². The minimum Gasteiger partial charge on any atom is -0.481 e. The average molecular weight is 287 g/mol. The van der Waals surface area contributed by atoms with Crippen molar-refractivity contribution in [2.24, 2.45) is 4.99 Å². The molecule has 7 heteroatoms. The van der Waals surface area contributed by atoms with Gasteiger partial charge in [-0.1, -0.05) is 18.2 Å². The molecule has 0 aliphatic carbocycles. The molecule has 1 unspecified atom stereocenters. The Labute approximate surface area is 112 Å². The lowest BCUT2D eigenvalue weighted by molar-refractivity contribution is -0.139. The Kier molecular flexibility index (Phi) is 3.96. The molecule has 1 N–H and O–H groups in total. The molecule has 2 rings (SSSR count). The number of rotatable bonds is 4. The minimum absolute atomic E-state index is 0.0223. The lowest BCUT2D eigenvalue weighted by atomic mass is 10.0. The number of ether oxygens (including phenoxy) is 1. The van der Waals surface area contributed by atoms with Gasteiger partial charge in [-0.2, -0.15) is 13.2 Å². The van der Waals surface area contributed by atoms with Gasteiger partial charge in [-0.15, -0.1) is 0 Å². The fourth-order valence-corrected chi connectivity index (χ4v) is 1.97. The van der Waals surface area contributed by atoms with Crippen molar-refractivity contribution in [1.29, 1.82) is 0 Å². The highest BCUT2D eigenvalue weighted by atomic mass is 19.4. The summed E-state index contributed by atoms with van der Waals surface area (Å²) >= 11 is 0. The lowest BCUT2D eigenvalue weighted by Crippen LogP contribution is -2.14. The van der Waals surface area contributed by atoms with Gasteiger partial charge in [0.05, 0.1) is 18.5 Å². The molecule has 1 heterocycles. The molecule has 0 aromatic heterocycles. The van der Waals surface area contributed by atoms with Gasteiger partial charge in [-0.05, 0) is 6.07 Å². The van der Waals surface area contributed by atoms with Crippen molar-refractivity contribution in [3.05, 3.63) is 35.4 Å². The Balaban J connectivity index is 2.10. The topological polar surface area (TPSA) is 58.9 Å². The molecule has 0 amide bonds. The van der Waals surface area contributed by atoms with E-state index in [1.54, 1.807) is 0 Å². The van der Waals surface area contributed by atoms with Crippen LogP contribution in [0.4, 0.5) is 13.2 Å². The summed E-state index contributed by atoms with van der Waals surface area (Å²) in [6.45, 7) is 0.0715. The van der Waals surface area contributed by atoms with Crippen LogP contribution in [0.2, 0.25) is 0 Å². The molecule has 1 aromatic carbocycles. The molecule has 20 heavy (non-hydrogen) atoms. The molecular formula is C13H12F3NO3. The molecule has 0 radical (unpaired) electrons.